The Bertz CT molecular complexity index is 1370. The first-order valence-corrected chi connectivity index (χ1v) is 12.1. The summed E-state index contributed by atoms with van der Waals surface area (Å²) in [5, 5.41) is 11.1. The van der Waals surface area contributed by atoms with Crippen molar-refractivity contribution >= 4 is 5.69 Å². The monoisotopic (exact) mass is 484 g/mol. The molecule has 36 heavy (non-hydrogen) atoms. The number of halogens is 1. The molecule has 0 amide bonds. The van der Waals surface area contributed by atoms with E-state index in [9.17, 15) is 14.3 Å². The molecule has 2 aromatic carbocycles. The Morgan fingerprint density at radius 2 is 1.69 bits per heavy atom. The summed E-state index contributed by atoms with van der Waals surface area (Å²) in [5.74, 6) is -0.257. The molecule has 3 heterocycles. The molecule has 7 heteroatoms. The average Bonchev–Trinajstić information content (AvgIpc) is 2.91. The first-order valence-electron chi connectivity index (χ1n) is 12.1. The quantitative estimate of drug-likeness (QED) is 0.441. The fourth-order valence-electron chi connectivity index (χ4n) is 4.98. The van der Waals surface area contributed by atoms with Crippen LogP contribution in [0, 0.1) is 12.7 Å². The summed E-state index contributed by atoms with van der Waals surface area (Å²) in [6.07, 6.45) is 3.47. The van der Waals surface area contributed by atoms with E-state index >= 15 is 0 Å². The van der Waals surface area contributed by atoms with Crippen molar-refractivity contribution in [3.8, 4) is 5.75 Å². The molecule has 0 radical (unpaired) electrons. The molecule has 0 unspecified atom stereocenters. The van der Waals surface area contributed by atoms with Crippen LogP contribution in [0.1, 0.15) is 28.4 Å². The lowest BCUT2D eigenvalue weighted by Gasteiger charge is -2.40. The lowest BCUT2D eigenvalue weighted by Crippen LogP contribution is -2.49. The summed E-state index contributed by atoms with van der Waals surface area (Å²) in [5.41, 5.74) is 3.71. The molecule has 4 aromatic rings. The lowest BCUT2D eigenvalue weighted by atomic mass is 9.97. The van der Waals surface area contributed by atoms with Gasteiger partial charge in [0.05, 0.1) is 18.2 Å². The van der Waals surface area contributed by atoms with Crippen LogP contribution in [0.25, 0.3) is 0 Å². The largest absolute Gasteiger partial charge is 0.507 e. The molecule has 0 aliphatic carbocycles. The van der Waals surface area contributed by atoms with Gasteiger partial charge in [0.2, 0.25) is 0 Å². The zero-order chi connectivity index (χ0) is 25.1. The lowest BCUT2D eigenvalue weighted by molar-refractivity contribution is 0.207. The summed E-state index contributed by atoms with van der Waals surface area (Å²) in [7, 11) is 0. The molecule has 6 nitrogen and oxygen atoms in total. The molecule has 1 N–H and O–H groups in total. The highest BCUT2D eigenvalue weighted by Gasteiger charge is 2.31. The Morgan fingerprint density at radius 1 is 0.972 bits per heavy atom. The van der Waals surface area contributed by atoms with Crippen LogP contribution in [0.3, 0.4) is 0 Å². The molecule has 1 aliphatic rings. The molecule has 0 spiro atoms. The van der Waals surface area contributed by atoms with Crippen molar-refractivity contribution in [3.05, 3.63) is 124 Å². The number of aromatic hydroxyl groups is 1. The third kappa shape index (κ3) is 4.88. The topological polar surface area (TPSA) is 61.6 Å². The van der Waals surface area contributed by atoms with E-state index in [2.05, 4.69) is 14.8 Å². The van der Waals surface area contributed by atoms with E-state index in [4.69, 9.17) is 0 Å². The van der Waals surface area contributed by atoms with Crippen molar-refractivity contribution in [2.45, 2.75) is 19.5 Å². The number of aromatic nitrogens is 2. The van der Waals surface area contributed by atoms with Gasteiger partial charge in [-0.2, -0.15) is 0 Å². The fourth-order valence-corrected chi connectivity index (χ4v) is 4.98. The van der Waals surface area contributed by atoms with E-state index in [1.807, 2.05) is 49.4 Å². The molecule has 184 valence electrons. The maximum absolute atomic E-state index is 13.9. The van der Waals surface area contributed by atoms with Gasteiger partial charge in [0.1, 0.15) is 11.6 Å². The Kier molecular flexibility index (Phi) is 6.82. The standard InChI is InChI=1S/C29H29FN4O2/c1-21-18-26(35)27(29(36)34(21)20-22-6-3-2-4-7-22)28(23-8-5-13-31-19-23)33-16-14-32(15-17-33)25-11-9-24(30)10-12-25/h2-13,18-19,28,35H,14-17,20H2,1H3/t28-/m1/s1. The normalized spacial score (nSPS) is 15.1. The van der Waals surface area contributed by atoms with Crippen LogP contribution in [-0.2, 0) is 6.54 Å². The Balaban J connectivity index is 1.50. The van der Waals surface area contributed by atoms with Gasteiger partial charge in [-0.3, -0.25) is 14.7 Å². The van der Waals surface area contributed by atoms with Crippen molar-refractivity contribution in [3.63, 3.8) is 0 Å². The summed E-state index contributed by atoms with van der Waals surface area (Å²) in [6, 6.07) is 21.4. The van der Waals surface area contributed by atoms with E-state index in [1.54, 1.807) is 35.2 Å². The highest BCUT2D eigenvalue weighted by atomic mass is 19.1. The van der Waals surface area contributed by atoms with Gasteiger partial charge in [-0.05, 0) is 54.4 Å². The number of benzene rings is 2. The van der Waals surface area contributed by atoms with Crippen molar-refractivity contribution in [1.82, 2.24) is 14.5 Å². The molecule has 2 aromatic heterocycles. The maximum Gasteiger partial charge on any atom is 0.259 e. The smallest absolute Gasteiger partial charge is 0.259 e. The number of hydrogen-bond acceptors (Lipinski definition) is 5. The molecule has 0 bridgehead atoms. The Hall–Kier alpha value is -3.97. The van der Waals surface area contributed by atoms with Crippen molar-refractivity contribution in [2.75, 3.05) is 31.1 Å². The van der Waals surface area contributed by atoms with Crippen molar-refractivity contribution in [1.29, 1.82) is 0 Å². The number of anilines is 1. The van der Waals surface area contributed by atoms with Gasteiger partial charge in [0, 0.05) is 50.0 Å². The summed E-state index contributed by atoms with van der Waals surface area (Å²) < 4.78 is 15.1. The summed E-state index contributed by atoms with van der Waals surface area (Å²) in [4.78, 5) is 22.6. The molecule has 1 saturated heterocycles. The predicted octanol–water partition coefficient (Wildman–Crippen LogP) is 4.36. The second-order valence-corrected chi connectivity index (χ2v) is 9.15. The van der Waals surface area contributed by atoms with Gasteiger partial charge in [0.15, 0.2) is 0 Å². The van der Waals surface area contributed by atoms with E-state index in [0.29, 0.717) is 44.0 Å². The minimum Gasteiger partial charge on any atom is -0.507 e. The number of aryl methyl sites for hydroxylation is 1. The minimum atomic E-state index is -0.441. The van der Waals surface area contributed by atoms with Gasteiger partial charge >= 0.3 is 0 Å². The van der Waals surface area contributed by atoms with Crippen LogP contribution in [0.4, 0.5) is 10.1 Å². The third-order valence-corrected chi connectivity index (χ3v) is 6.85. The maximum atomic E-state index is 13.9. The minimum absolute atomic E-state index is 0.00312. The van der Waals surface area contributed by atoms with Crippen molar-refractivity contribution in [2.24, 2.45) is 0 Å². The van der Waals surface area contributed by atoms with E-state index < -0.39 is 6.04 Å². The second kappa shape index (κ2) is 10.3. The molecule has 5 rings (SSSR count). The van der Waals surface area contributed by atoms with Crippen LogP contribution >= 0.6 is 0 Å². The second-order valence-electron chi connectivity index (χ2n) is 9.15. The fraction of sp³-hybridized carbons (Fsp3) is 0.241. The number of hydrogen-bond donors (Lipinski definition) is 1. The van der Waals surface area contributed by atoms with Crippen LogP contribution in [0.2, 0.25) is 0 Å². The number of pyridine rings is 2. The Labute approximate surface area is 209 Å². The molecule has 0 saturated carbocycles. The third-order valence-electron chi connectivity index (χ3n) is 6.85. The van der Waals surface area contributed by atoms with E-state index in [0.717, 1.165) is 16.8 Å². The summed E-state index contributed by atoms with van der Waals surface area (Å²) in [6.45, 7) is 5.04. The highest BCUT2D eigenvalue weighted by molar-refractivity contribution is 5.47. The average molecular weight is 485 g/mol. The van der Waals surface area contributed by atoms with Gasteiger partial charge in [-0.1, -0.05) is 36.4 Å². The zero-order valence-corrected chi connectivity index (χ0v) is 20.2. The Morgan fingerprint density at radius 3 is 2.36 bits per heavy atom. The number of piperazine rings is 1. The first kappa shape index (κ1) is 23.8. The van der Waals surface area contributed by atoms with Gasteiger partial charge < -0.3 is 14.6 Å². The molecule has 1 fully saturated rings. The van der Waals surface area contributed by atoms with Crippen molar-refractivity contribution < 1.29 is 9.50 Å². The van der Waals surface area contributed by atoms with Crippen LogP contribution < -0.4 is 10.5 Å². The zero-order valence-electron chi connectivity index (χ0n) is 20.2. The number of nitrogens with zero attached hydrogens (tertiary/aromatic N) is 4. The van der Waals surface area contributed by atoms with Gasteiger partial charge in [-0.15, -0.1) is 0 Å². The SMILES string of the molecule is Cc1cc(O)c([C@@H](c2cccnc2)N2CCN(c3ccc(F)cc3)CC2)c(=O)n1Cc1ccccc1. The predicted molar refractivity (Wildman–Crippen MR) is 139 cm³/mol. The van der Waals surface area contributed by atoms with Crippen LogP contribution in [-0.4, -0.2) is 45.7 Å². The molecular weight excluding hydrogens is 455 g/mol. The van der Waals surface area contributed by atoms with Gasteiger partial charge in [0.25, 0.3) is 5.56 Å². The van der Waals surface area contributed by atoms with E-state index in [1.165, 1.54) is 12.1 Å². The summed E-state index contributed by atoms with van der Waals surface area (Å²) >= 11 is 0. The molecular formula is C29H29FN4O2. The van der Waals surface area contributed by atoms with Gasteiger partial charge in [-0.25, -0.2) is 4.39 Å². The highest BCUT2D eigenvalue weighted by Crippen LogP contribution is 2.33. The first-order chi connectivity index (χ1) is 17.5. The molecule has 1 atom stereocenters. The van der Waals surface area contributed by atoms with Crippen LogP contribution in [0.5, 0.6) is 5.75 Å². The number of rotatable bonds is 6. The van der Waals surface area contributed by atoms with Crippen LogP contribution in [0.15, 0.2) is 90.0 Å². The van der Waals surface area contributed by atoms with E-state index in [-0.39, 0.29) is 17.1 Å². The molecule has 1 aliphatic heterocycles.